The molecular formula is C23H30FN3O3. The van der Waals surface area contributed by atoms with Gasteiger partial charge in [-0.15, -0.1) is 0 Å². The fourth-order valence-electron chi connectivity index (χ4n) is 6.59. The zero-order valence-electron chi connectivity index (χ0n) is 17.3. The number of rotatable bonds is 5. The predicted molar refractivity (Wildman–Crippen MR) is 112 cm³/mol. The number of anilines is 2. The van der Waals surface area contributed by atoms with Crippen LogP contribution in [0.1, 0.15) is 38.5 Å². The summed E-state index contributed by atoms with van der Waals surface area (Å²) in [5.74, 6) is 1.39. The Morgan fingerprint density at radius 3 is 2.30 bits per heavy atom. The largest absolute Gasteiger partial charge is 0.378 e. The lowest BCUT2D eigenvalue weighted by Gasteiger charge is -2.55. The van der Waals surface area contributed by atoms with E-state index in [-0.39, 0.29) is 29.6 Å². The highest BCUT2D eigenvalue weighted by molar-refractivity contribution is 5.95. The van der Waals surface area contributed by atoms with Gasteiger partial charge in [0.25, 0.3) is 0 Å². The van der Waals surface area contributed by atoms with Crippen LogP contribution < -0.4 is 15.5 Å². The smallest absolute Gasteiger partial charge is 0.243 e. The maximum Gasteiger partial charge on any atom is 0.243 e. The molecule has 0 spiro atoms. The number of amides is 2. The van der Waals surface area contributed by atoms with Crippen molar-refractivity contribution < 1.29 is 18.7 Å². The molecule has 0 radical (unpaired) electrons. The van der Waals surface area contributed by atoms with Crippen LogP contribution in [-0.4, -0.2) is 44.7 Å². The Kier molecular flexibility index (Phi) is 5.17. The summed E-state index contributed by atoms with van der Waals surface area (Å²) >= 11 is 0. The zero-order valence-corrected chi connectivity index (χ0v) is 17.3. The van der Waals surface area contributed by atoms with E-state index in [0.717, 1.165) is 19.3 Å². The second-order valence-electron chi connectivity index (χ2n) is 9.69. The molecule has 4 bridgehead atoms. The van der Waals surface area contributed by atoms with Gasteiger partial charge in [-0.05, 0) is 74.5 Å². The molecule has 4 saturated carbocycles. The van der Waals surface area contributed by atoms with Crippen LogP contribution in [0.3, 0.4) is 0 Å². The van der Waals surface area contributed by atoms with Crippen LogP contribution in [0.4, 0.5) is 15.8 Å². The van der Waals surface area contributed by atoms with E-state index in [0.29, 0.717) is 55.4 Å². The van der Waals surface area contributed by atoms with Crippen molar-refractivity contribution in [2.75, 3.05) is 43.1 Å². The van der Waals surface area contributed by atoms with Crippen molar-refractivity contribution in [3.8, 4) is 0 Å². The van der Waals surface area contributed by atoms with E-state index in [1.807, 2.05) is 4.90 Å². The van der Waals surface area contributed by atoms with Gasteiger partial charge < -0.3 is 20.3 Å². The maximum atomic E-state index is 14.5. The Balaban J connectivity index is 1.16. The van der Waals surface area contributed by atoms with Gasteiger partial charge in [0.05, 0.1) is 25.4 Å². The number of ether oxygens (including phenoxy) is 1. The lowest BCUT2D eigenvalue weighted by molar-refractivity contribution is -0.146. The van der Waals surface area contributed by atoms with Gasteiger partial charge in [-0.25, -0.2) is 4.39 Å². The standard InChI is InChI=1S/C23H30FN3O3/c24-19-10-18(1-2-20(19)27-3-5-30-6-4-27)26-21(28)14-25-22(29)23-11-15-7-16(12-23)9-17(8-15)13-23/h1-2,10,15-17H,3-9,11-14H2,(H,25,29)(H,26,28). The number of hydrogen-bond acceptors (Lipinski definition) is 4. The van der Waals surface area contributed by atoms with E-state index < -0.39 is 0 Å². The minimum Gasteiger partial charge on any atom is -0.378 e. The Hall–Kier alpha value is -2.15. The number of nitrogens with one attached hydrogen (secondary N) is 2. The van der Waals surface area contributed by atoms with Crippen molar-refractivity contribution in [3.63, 3.8) is 0 Å². The summed E-state index contributed by atoms with van der Waals surface area (Å²) < 4.78 is 19.8. The zero-order chi connectivity index (χ0) is 20.7. The monoisotopic (exact) mass is 415 g/mol. The Bertz CT molecular complexity index is 802. The van der Waals surface area contributed by atoms with Crippen LogP contribution in [0.5, 0.6) is 0 Å². The first kappa shape index (κ1) is 19.8. The van der Waals surface area contributed by atoms with Gasteiger partial charge in [-0.3, -0.25) is 9.59 Å². The van der Waals surface area contributed by atoms with Gasteiger partial charge in [0.15, 0.2) is 0 Å². The van der Waals surface area contributed by atoms with Crippen LogP contribution in [0.25, 0.3) is 0 Å². The normalized spacial score (nSPS) is 32.2. The second kappa shape index (κ2) is 7.84. The molecule has 1 heterocycles. The molecule has 4 aliphatic carbocycles. The van der Waals surface area contributed by atoms with Crippen LogP contribution in [0.15, 0.2) is 18.2 Å². The van der Waals surface area contributed by atoms with Crippen molar-refractivity contribution in [2.45, 2.75) is 38.5 Å². The molecule has 1 aliphatic heterocycles. The molecule has 7 heteroatoms. The minimum atomic E-state index is -0.368. The van der Waals surface area contributed by atoms with Crippen molar-refractivity contribution in [1.82, 2.24) is 5.32 Å². The van der Waals surface area contributed by atoms with Crippen molar-refractivity contribution in [2.24, 2.45) is 23.2 Å². The number of nitrogens with zero attached hydrogens (tertiary/aromatic N) is 1. The number of hydrogen-bond donors (Lipinski definition) is 2. The average molecular weight is 416 g/mol. The molecule has 30 heavy (non-hydrogen) atoms. The highest BCUT2D eigenvalue weighted by Crippen LogP contribution is 2.60. The molecule has 1 saturated heterocycles. The van der Waals surface area contributed by atoms with E-state index in [4.69, 9.17) is 4.74 Å². The van der Waals surface area contributed by atoms with Crippen molar-refractivity contribution in [1.29, 1.82) is 0 Å². The van der Waals surface area contributed by atoms with Gasteiger partial charge in [0.1, 0.15) is 5.82 Å². The molecule has 0 aromatic heterocycles. The van der Waals surface area contributed by atoms with E-state index in [2.05, 4.69) is 10.6 Å². The topological polar surface area (TPSA) is 70.7 Å². The Morgan fingerprint density at radius 1 is 1.07 bits per heavy atom. The summed E-state index contributed by atoms with van der Waals surface area (Å²) in [4.78, 5) is 27.3. The molecule has 0 unspecified atom stereocenters. The SMILES string of the molecule is O=C(CNC(=O)C12CC3CC(CC(C3)C1)C2)Nc1ccc(N2CCOCC2)c(F)c1. The van der Waals surface area contributed by atoms with Crippen molar-refractivity contribution in [3.05, 3.63) is 24.0 Å². The number of carbonyl (C=O) groups is 2. The quantitative estimate of drug-likeness (QED) is 0.776. The lowest BCUT2D eigenvalue weighted by Crippen LogP contribution is -2.54. The fourth-order valence-corrected chi connectivity index (χ4v) is 6.59. The predicted octanol–water partition coefficient (Wildman–Crippen LogP) is 2.93. The summed E-state index contributed by atoms with van der Waals surface area (Å²) in [6.45, 7) is 2.40. The summed E-state index contributed by atoms with van der Waals surface area (Å²) in [6.07, 6.45) is 6.75. The fraction of sp³-hybridized carbons (Fsp3) is 0.652. The number of halogens is 1. The van der Waals surface area contributed by atoms with Crippen LogP contribution in [0.2, 0.25) is 0 Å². The van der Waals surface area contributed by atoms with E-state index in [1.54, 1.807) is 12.1 Å². The van der Waals surface area contributed by atoms with Gasteiger partial charge >= 0.3 is 0 Å². The summed E-state index contributed by atoms with van der Waals surface area (Å²) in [5.41, 5.74) is 0.658. The van der Waals surface area contributed by atoms with Crippen molar-refractivity contribution >= 4 is 23.2 Å². The molecule has 0 atom stereocenters. The maximum absolute atomic E-state index is 14.5. The van der Waals surface area contributed by atoms with Crippen LogP contribution >= 0.6 is 0 Å². The third-order valence-electron chi connectivity index (χ3n) is 7.51. The average Bonchev–Trinajstić information content (AvgIpc) is 2.72. The first-order chi connectivity index (χ1) is 14.5. The molecule has 2 N–H and O–H groups in total. The molecular weight excluding hydrogens is 385 g/mol. The molecule has 162 valence electrons. The van der Waals surface area contributed by atoms with Gasteiger partial charge in [0, 0.05) is 24.2 Å². The highest BCUT2D eigenvalue weighted by Gasteiger charge is 2.54. The lowest BCUT2D eigenvalue weighted by atomic mass is 9.49. The summed E-state index contributed by atoms with van der Waals surface area (Å²) in [6, 6.07) is 4.72. The summed E-state index contributed by atoms with van der Waals surface area (Å²) in [7, 11) is 0. The second-order valence-corrected chi connectivity index (χ2v) is 9.69. The summed E-state index contributed by atoms with van der Waals surface area (Å²) in [5, 5.41) is 5.58. The number of morpholine rings is 1. The molecule has 5 aliphatic rings. The third kappa shape index (κ3) is 3.80. The molecule has 1 aromatic carbocycles. The number of carbonyl (C=O) groups excluding carboxylic acids is 2. The Morgan fingerprint density at radius 2 is 1.70 bits per heavy atom. The molecule has 2 amide bonds. The first-order valence-corrected chi connectivity index (χ1v) is 11.2. The van der Waals surface area contributed by atoms with Gasteiger partial charge in [-0.1, -0.05) is 0 Å². The van der Waals surface area contributed by atoms with E-state index >= 15 is 0 Å². The van der Waals surface area contributed by atoms with E-state index in [9.17, 15) is 14.0 Å². The molecule has 6 nitrogen and oxygen atoms in total. The molecule has 1 aromatic rings. The van der Waals surface area contributed by atoms with Crippen LogP contribution in [-0.2, 0) is 14.3 Å². The first-order valence-electron chi connectivity index (χ1n) is 11.2. The molecule has 5 fully saturated rings. The van der Waals surface area contributed by atoms with Gasteiger partial charge in [0.2, 0.25) is 11.8 Å². The third-order valence-corrected chi connectivity index (χ3v) is 7.51. The Labute approximate surface area is 176 Å². The van der Waals surface area contributed by atoms with Gasteiger partial charge in [-0.2, -0.15) is 0 Å². The number of benzene rings is 1. The minimum absolute atomic E-state index is 0.0330. The molecule has 6 rings (SSSR count). The van der Waals surface area contributed by atoms with Crippen LogP contribution in [0, 0.1) is 29.0 Å². The van der Waals surface area contributed by atoms with E-state index in [1.165, 1.54) is 25.3 Å². The highest BCUT2D eigenvalue weighted by atomic mass is 19.1.